The molecule has 0 aliphatic carbocycles. The first-order valence-electron chi connectivity index (χ1n) is 5.92. The summed E-state index contributed by atoms with van der Waals surface area (Å²) in [5.41, 5.74) is 1.12. The number of ether oxygens (including phenoxy) is 1. The highest BCUT2D eigenvalue weighted by Crippen LogP contribution is 2.19. The second-order valence-electron chi connectivity index (χ2n) is 3.72. The zero-order chi connectivity index (χ0) is 12.0. The van der Waals surface area contributed by atoms with Crippen molar-refractivity contribution in [1.82, 2.24) is 9.97 Å². The molecule has 4 heteroatoms. The van der Waals surface area contributed by atoms with Crippen molar-refractivity contribution in [2.45, 2.75) is 46.1 Å². The van der Waals surface area contributed by atoms with E-state index < -0.39 is 0 Å². The minimum absolute atomic E-state index is 0.0446. The van der Waals surface area contributed by atoms with Gasteiger partial charge >= 0.3 is 0 Å². The summed E-state index contributed by atoms with van der Waals surface area (Å²) in [5.74, 6) is 0.869. The Morgan fingerprint density at radius 2 is 2.19 bits per heavy atom. The number of hydrogen-bond acceptors (Lipinski definition) is 3. The molecule has 1 heterocycles. The zero-order valence-corrected chi connectivity index (χ0v) is 11.1. The average Bonchev–Trinajstić information content (AvgIpc) is 2.28. The van der Waals surface area contributed by atoms with E-state index in [9.17, 15) is 0 Å². The Bertz CT molecular complexity index is 370. The molecule has 0 aliphatic rings. The van der Waals surface area contributed by atoms with Crippen molar-refractivity contribution in [3.05, 3.63) is 22.2 Å². The van der Waals surface area contributed by atoms with Crippen molar-refractivity contribution in [2.75, 3.05) is 6.61 Å². The number of rotatable bonds is 6. The van der Waals surface area contributed by atoms with Gasteiger partial charge in [0.1, 0.15) is 16.6 Å². The van der Waals surface area contributed by atoms with E-state index in [1.165, 1.54) is 0 Å². The lowest BCUT2D eigenvalue weighted by Gasteiger charge is -2.16. The Balaban J connectivity index is 2.98. The summed E-state index contributed by atoms with van der Waals surface area (Å²) >= 11 is 5.15. The minimum Gasteiger partial charge on any atom is -0.371 e. The molecule has 1 unspecified atom stereocenters. The normalized spacial score (nSPS) is 12.7. The third kappa shape index (κ3) is 3.68. The Morgan fingerprint density at radius 1 is 1.44 bits per heavy atom. The van der Waals surface area contributed by atoms with Crippen molar-refractivity contribution in [1.29, 1.82) is 0 Å². The summed E-state index contributed by atoms with van der Waals surface area (Å²) in [6.45, 7) is 6.94. The second kappa shape index (κ2) is 6.76. The predicted octanol–water partition coefficient (Wildman–Crippen LogP) is 3.58. The van der Waals surface area contributed by atoms with Crippen LogP contribution in [-0.2, 0) is 11.2 Å². The summed E-state index contributed by atoms with van der Waals surface area (Å²) in [4.78, 5) is 7.66. The van der Waals surface area contributed by atoms with Crippen LogP contribution in [0.1, 0.15) is 51.2 Å². The summed E-state index contributed by atoms with van der Waals surface area (Å²) in [5, 5.41) is 0. The molecule has 1 aromatic heterocycles. The Labute approximate surface area is 102 Å². The maximum Gasteiger partial charge on any atom is 0.137 e. The molecule has 0 bridgehead atoms. The van der Waals surface area contributed by atoms with E-state index in [2.05, 4.69) is 23.8 Å². The van der Waals surface area contributed by atoms with Crippen molar-refractivity contribution in [3.8, 4) is 0 Å². The van der Waals surface area contributed by atoms with Gasteiger partial charge in [0.05, 0.1) is 0 Å². The van der Waals surface area contributed by atoms with Gasteiger partial charge < -0.3 is 9.72 Å². The summed E-state index contributed by atoms with van der Waals surface area (Å²) < 4.78 is 6.33. The van der Waals surface area contributed by atoms with Crippen molar-refractivity contribution < 1.29 is 4.74 Å². The lowest BCUT2D eigenvalue weighted by Crippen LogP contribution is -2.10. The fourth-order valence-electron chi connectivity index (χ4n) is 1.63. The van der Waals surface area contributed by atoms with Crippen LogP contribution >= 0.6 is 12.2 Å². The van der Waals surface area contributed by atoms with E-state index in [1.807, 2.05) is 13.0 Å². The Kier molecular flexibility index (Phi) is 5.63. The quantitative estimate of drug-likeness (QED) is 0.772. The number of aromatic amines is 1. The van der Waals surface area contributed by atoms with Gasteiger partial charge in [0.15, 0.2) is 0 Å². The van der Waals surface area contributed by atoms with Crippen molar-refractivity contribution in [2.24, 2.45) is 0 Å². The lowest BCUT2D eigenvalue weighted by molar-refractivity contribution is 0.0491. The molecule has 0 saturated carbocycles. The van der Waals surface area contributed by atoms with Crippen LogP contribution in [0, 0.1) is 4.64 Å². The van der Waals surface area contributed by atoms with Crippen LogP contribution in [-0.4, -0.2) is 16.6 Å². The first-order valence-corrected chi connectivity index (χ1v) is 6.33. The molecule has 16 heavy (non-hydrogen) atoms. The average molecular weight is 240 g/mol. The van der Waals surface area contributed by atoms with Crippen molar-refractivity contribution in [3.63, 3.8) is 0 Å². The highest BCUT2D eigenvalue weighted by Gasteiger charge is 2.13. The van der Waals surface area contributed by atoms with E-state index in [-0.39, 0.29) is 6.10 Å². The molecule has 0 fully saturated rings. The topological polar surface area (TPSA) is 37.9 Å². The van der Waals surface area contributed by atoms with Crippen molar-refractivity contribution >= 4 is 12.2 Å². The van der Waals surface area contributed by atoms with Gasteiger partial charge in [-0.15, -0.1) is 0 Å². The molecule has 0 radical (unpaired) electrons. The van der Waals surface area contributed by atoms with Gasteiger partial charge in [-0.25, -0.2) is 4.98 Å². The maximum atomic E-state index is 5.68. The van der Waals surface area contributed by atoms with Gasteiger partial charge in [-0.1, -0.05) is 32.5 Å². The third-order valence-electron chi connectivity index (χ3n) is 2.42. The van der Waals surface area contributed by atoms with Crippen LogP contribution in [0.25, 0.3) is 0 Å². The van der Waals surface area contributed by atoms with Gasteiger partial charge in [-0.05, 0) is 25.8 Å². The summed E-state index contributed by atoms with van der Waals surface area (Å²) in [6, 6.07) is 1.91. The van der Waals surface area contributed by atoms with E-state index in [0.717, 1.165) is 30.8 Å². The Hall–Kier alpha value is -0.740. The first kappa shape index (κ1) is 13.3. The molecule has 3 nitrogen and oxygen atoms in total. The standard InChI is InChI=1S/C12H20N2OS/c1-4-7-10(15-6-3)12-13-9(5-2)8-11(16)14-12/h8,10H,4-7H2,1-3H3,(H,13,14,16). The molecule has 0 aromatic carbocycles. The molecule has 0 saturated heterocycles. The molecule has 1 aromatic rings. The molecular weight excluding hydrogens is 220 g/mol. The molecule has 90 valence electrons. The molecule has 0 spiro atoms. The lowest BCUT2D eigenvalue weighted by atomic mass is 10.2. The van der Waals surface area contributed by atoms with Crippen LogP contribution in [0.2, 0.25) is 0 Å². The van der Waals surface area contributed by atoms with Crippen LogP contribution < -0.4 is 0 Å². The highest BCUT2D eigenvalue weighted by molar-refractivity contribution is 7.71. The first-order chi connectivity index (χ1) is 7.71. The van der Waals surface area contributed by atoms with Crippen LogP contribution in [0.4, 0.5) is 0 Å². The molecule has 0 amide bonds. The number of hydrogen-bond donors (Lipinski definition) is 1. The van der Waals surface area contributed by atoms with Gasteiger partial charge in [0.2, 0.25) is 0 Å². The summed E-state index contributed by atoms with van der Waals surface area (Å²) in [6.07, 6.45) is 3.02. The SMILES string of the molecule is CCCC(OCC)c1nc(=S)cc(CC)[nH]1. The number of aromatic nitrogens is 2. The second-order valence-corrected chi connectivity index (χ2v) is 4.13. The molecule has 0 aliphatic heterocycles. The van der Waals surface area contributed by atoms with Crippen LogP contribution in [0.3, 0.4) is 0 Å². The molecule has 1 rings (SSSR count). The van der Waals surface area contributed by atoms with Gasteiger partial charge in [0.25, 0.3) is 0 Å². The zero-order valence-electron chi connectivity index (χ0n) is 10.2. The van der Waals surface area contributed by atoms with Crippen LogP contribution in [0.15, 0.2) is 6.07 Å². The van der Waals surface area contributed by atoms with E-state index >= 15 is 0 Å². The molecule has 1 atom stereocenters. The van der Waals surface area contributed by atoms with Gasteiger partial charge in [-0.3, -0.25) is 0 Å². The van der Waals surface area contributed by atoms with Crippen LogP contribution in [0.5, 0.6) is 0 Å². The Morgan fingerprint density at radius 3 is 2.75 bits per heavy atom. The van der Waals surface area contributed by atoms with Gasteiger partial charge in [0, 0.05) is 12.3 Å². The number of nitrogens with one attached hydrogen (secondary N) is 1. The van der Waals surface area contributed by atoms with E-state index in [0.29, 0.717) is 11.2 Å². The number of nitrogens with zero attached hydrogens (tertiary/aromatic N) is 1. The number of H-pyrrole nitrogens is 1. The molecule has 1 N–H and O–H groups in total. The monoisotopic (exact) mass is 240 g/mol. The number of aryl methyl sites for hydroxylation is 1. The fraction of sp³-hybridized carbons (Fsp3) is 0.667. The van der Waals surface area contributed by atoms with Gasteiger partial charge in [-0.2, -0.15) is 0 Å². The van der Waals surface area contributed by atoms with E-state index in [1.54, 1.807) is 0 Å². The summed E-state index contributed by atoms with van der Waals surface area (Å²) in [7, 11) is 0. The fourth-order valence-corrected chi connectivity index (χ4v) is 1.87. The predicted molar refractivity (Wildman–Crippen MR) is 68.1 cm³/mol. The minimum atomic E-state index is 0.0446. The van der Waals surface area contributed by atoms with E-state index in [4.69, 9.17) is 17.0 Å². The smallest absolute Gasteiger partial charge is 0.137 e. The third-order valence-corrected chi connectivity index (χ3v) is 2.63. The molecular formula is C12H20N2OS. The highest BCUT2D eigenvalue weighted by atomic mass is 32.1. The largest absolute Gasteiger partial charge is 0.371 e. The maximum absolute atomic E-state index is 5.68.